The molecule has 1 aromatic carbocycles. The molecule has 0 bridgehead atoms. The zero-order valence-electron chi connectivity index (χ0n) is 12.6. The molecular weight excluding hydrogens is 270 g/mol. The Hall–Kier alpha value is -0.870. The van der Waals surface area contributed by atoms with E-state index >= 15 is 0 Å². The average molecular weight is 295 g/mol. The maximum Gasteiger partial charge on any atom is 0.150 e. The molecule has 2 unspecified atom stereocenters. The standard InChI is InChI=1S/C16H25NO2S/c1-12-7-4-5-10-16(12)13(2)17-14-8-6-9-15(11-14)20(3,18)19/h4-5,7,10,13-15,17H,6,8-9,11H2,1-3H3/t13-,14?,15?/m0/s1. The Morgan fingerprint density at radius 3 is 2.60 bits per heavy atom. The average Bonchev–Trinajstić information content (AvgIpc) is 2.38. The van der Waals surface area contributed by atoms with Crippen molar-refractivity contribution >= 4 is 9.84 Å². The molecule has 1 aliphatic carbocycles. The molecule has 1 N–H and O–H groups in total. The van der Waals surface area contributed by atoms with Crippen molar-refractivity contribution in [1.29, 1.82) is 0 Å². The van der Waals surface area contributed by atoms with Crippen LogP contribution in [0.5, 0.6) is 0 Å². The predicted octanol–water partition coefficient (Wildman–Crippen LogP) is 3.00. The topological polar surface area (TPSA) is 46.2 Å². The number of hydrogen-bond acceptors (Lipinski definition) is 3. The van der Waals surface area contributed by atoms with Gasteiger partial charge in [0.05, 0.1) is 5.25 Å². The number of nitrogens with one attached hydrogen (secondary N) is 1. The lowest BCUT2D eigenvalue weighted by Crippen LogP contribution is -2.40. The van der Waals surface area contributed by atoms with Gasteiger partial charge in [0.15, 0.2) is 0 Å². The summed E-state index contributed by atoms with van der Waals surface area (Å²) in [5.74, 6) is 0. The molecule has 0 amide bonds. The van der Waals surface area contributed by atoms with Crippen molar-refractivity contribution in [3.63, 3.8) is 0 Å². The van der Waals surface area contributed by atoms with Crippen LogP contribution in [-0.4, -0.2) is 26.0 Å². The SMILES string of the molecule is Cc1ccccc1[C@H](C)NC1CCCC(S(C)(=O)=O)C1. The van der Waals surface area contributed by atoms with Crippen LogP contribution in [0.1, 0.15) is 49.8 Å². The first kappa shape index (κ1) is 15.5. The van der Waals surface area contributed by atoms with E-state index < -0.39 is 9.84 Å². The third kappa shape index (κ3) is 3.83. The molecule has 0 aromatic heterocycles. The second-order valence-electron chi connectivity index (χ2n) is 6.06. The molecule has 112 valence electrons. The van der Waals surface area contributed by atoms with Crippen molar-refractivity contribution in [3.05, 3.63) is 35.4 Å². The van der Waals surface area contributed by atoms with Gasteiger partial charge in [-0.2, -0.15) is 0 Å². The van der Waals surface area contributed by atoms with Crippen LogP contribution < -0.4 is 5.32 Å². The molecule has 1 saturated carbocycles. The van der Waals surface area contributed by atoms with E-state index in [0.717, 1.165) is 25.7 Å². The van der Waals surface area contributed by atoms with Gasteiger partial charge in [-0.3, -0.25) is 0 Å². The molecule has 0 saturated heterocycles. The Morgan fingerprint density at radius 1 is 1.25 bits per heavy atom. The van der Waals surface area contributed by atoms with Crippen LogP contribution in [0.25, 0.3) is 0 Å². The zero-order valence-corrected chi connectivity index (χ0v) is 13.4. The normalized spacial score (nSPS) is 25.4. The number of sulfone groups is 1. The van der Waals surface area contributed by atoms with Gasteiger partial charge in [-0.1, -0.05) is 30.7 Å². The fourth-order valence-corrected chi connectivity index (χ4v) is 4.38. The van der Waals surface area contributed by atoms with Crippen LogP contribution in [0.2, 0.25) is 0 Å². The van der Waals surface area contributed by atoms with Gasteiger partial charge < -0.3 is 5.32 Å². The fourth-order valence-electron chi connectivity index (χ4n) is 3.20. The molecule has 3 atom stereocenters. The maximum atomic E-state index is 11.7. The summed E-state index contributed by atoms with van der Waals surface area (Å²) in [5.41, 5.74) is 2.58. The molecule has 0 heterocycles. The summed E-state index contributed by atoms with van der Waals surface area (Å²) in [6.45, 7) is 4.28. The summed E-state index contributed by atoms with van der Waals surface area (Å²) in [6.07, 6.45) is 4.99. The smallest absolute Gasteiger partial charge is 0.150 e. The molecule has 1 fully saturated rings. The van der Waals surface area contributed by atoms with Crippen LogP contribution in [-0.2, 0) is 9.84 Å². The Kier molecular flexibility index (Phi) is 4.86. The van der Waals surface area contributed by atoms with Crippen LogP contribution >= 0.6 is 0 Å². The molecule has 20 heavy (non-hydrogen) atoms. The molecule has 1 aromatic rings. The van der Waals surface area contributed by atoms with E-state index in [4.69, 9.17) is 0 Å². The fraction of sp³-hybridized carbons (Fsp3) is 0.625. The highest BCUT2D eigenvalue weighted by Gasteiger charge is 2.29. The molecule has 0 radical (unpaired) electrons. The van der Waals surface area contributed by atoms with E-state index in [2.05, 4.69) is 37.4 Å². The van der Waals surface area contributed by atoms with Crippen molar-refractivity contribution in [3.8, 4) is 0 Å². The Labute approximate surface area is 122 Å². The molecule has 1 aliphatic rings. The van der Waals surface area contributed by atoms with Gasteiger partial charge in [0.2, 0.25) is 0 Å². The summed E-state index contributed by atoms with van der Waals surface area (Å²) in [7, 11) is -2.91. The van der Waals surface area contributed by atoms with Crippen molar-refractivity contribution < 1.29 is 8.42 Å². The Morgan fingerprint density at radius 2 is 1.95 bits per heavy atom. The predicted molar refractivity (Wildman–Crippen MR) is 83.6 cm³/mol. The molecule has 3 nitrogen and oxygen atoms in total. The van der Waals surface area contributed by atoms with E-state index in [1.165, 1.54) is 17.4 Å². The number of benzene rings is 1. The summed E-state index contributed by atoms with van der Waals surface area (Å²) in [6, 6.07) is 8.93. The summed E-state index contributed by atoms with van der Waals surface area (Å²) < 4.78 is 23.4. The van der Waals surface area contributed by atoms with E-state index in [1.807, 2.05) is 6.07 Å². The second-order valence-corrected chi connectivity index (χ2v) is 8.39. The molecule has 0 aliphatic heterocycles. The van der Waals surface area contributed by atoms with Gasteiger partial charge in [0, 0.05) is 18.3 Å². The van der Waals surface area contributed by atoms with Crippen LogP contribution in [0.15, 0.2) is 24.3 Å². The molecule has 2 rings (SSSR count). The van der Waals surface area contributed by atoms with Crippen molar-refractivity contribution in [2.75, 3.05) is 6.26 Å². The Balaban J connectivity index is 2.01. The van der Waals surface area contributed by atoms with E-state index in [9.17, 15) is 8.42 Å². The lowest BCUT2D eigenvalue weighted by molar-refractivity contribution is 0.346. The zero-order chi connectivity index (χ0) is 14.8. The van der Waals surface area contributed by atoms with Gasteiger partial charge in [0.25, 0.3) is 0 Å². The number of aryl methyl sites for hydroxylation is 1. The minimum absolute atomic E-state index is 0.169. The van der Waals surface area contributed by atoms with Crippen molar-refractivity contribution in [2.24, 2.45) is 0 Å². The second kappa shape index (κ2) is 6.27. The number of hydrogen-bond donors (Lipinski definition) is 1. The molecular formula is C16H25NO2S. The highest BCUT2D eigenvalue weighted by Crippen LogP contribution is 2.26. The highest BCUT2D eigenvalue weighted by atomic mass is 32.2. The van der Waals surface area contributed by atoms with Crippen molar-refractivity contribution in [2.45, 2.75) is 56.9 Å². The van der Waals surface area contributed by atoms with Crippen LogP contribution in [0, 0.1) is 6.92 Å². The number of rotatable bonds is 4. The van der Waals surface area contributed by atoms with Crippen LogP contribution in [0.4, 0.5) is 0 Å². The Bertz CT molecular complexity index is 553. The largest absolute Gasteiger partial charge is 0.307 e. The first-order valence-electron chi connectivity index (χ1n) is 7.38. The van der Waals surface area contributed by atoms with Gasteiger partial charge in [-0.25, -0.2) is 8.42 Å². The third-order valence-corrected chi connectivity index (χ3v) is 6.01. The van der Waals surface area contributed by atoms with E-state index in [1.54, 1.807) is 0 Å². The highest BCUT2D eigenvalue weighted by molar-refractivity contribution is 7.91. The van der Waals surface area contributed by atoms with Gasteiger partial charge in [-0.05, 0) is 44.2 Å². The quantitative estimate of drug-likeness (QED) is 0.929. The van der Waals surface area contributed by atoms with Crippen LogP contribution in [0.3, 0.4) is 0 Å². The third-order valence-electron chi connectivity index (χ3n) is 4.37. The van der Waals surface area contributed by atoms with Crippen molar-refractivity contribution in [1.82, 2.24) is 5.32 Å². The van der Waals surface area contributed by atoms with Gasteiger partial charge in [0.1, 0.15) is 9.84 Å². The van der Waals surface area contributed by atoms with E-state index in [-0.39, 0.29) is 11.3 Å². The first-order valence-corrected chi connectivity index (χ1v) is 9.34. The maximum absolute atomic E-state index is 11.7. The first-order chi connectivity index (χ1) is 9.38. The van der Waals surface area contributed by atoms with E-state index in [0.29, 0.717) is 6.04 Å². The minimum Gasteiger partial charge on any atom is -0.307 e. The molecule has 0 spiro atoms. The summed E-state index contributed by atoms with van der Waals surface area (Å²) >= 11 is 0. The lowest BCUT2D eigenvalue weighted by Gasteiger charge is -2.31. The summed E-state index contributed by atoms with van der Waals surface area (Å²) in [4.78, 5) is 0. The van der Waals surface area contributed by atoms with Gasteiger partial charge >= 0.3 is 0 Å². The minimum atomic E-state index is -2.91. The summed E-state index contributed by atoms with van der Waals surface area (Å²) in [5, 5.41) is 3.44. The lowest BCUT2D eigenvalue weighted by atomic mass is 9.93. The monoisotopic (exact) mass is 295 g/mol. The molecule has 4 heteroatoms. The van der Waals surface area contributed by atoms with Gasteiger partial charge in [-0.15, -0.1) is 0 Å².